The van der Waals surface area contributed by atoms with Crippen LogP contribution < -0.4 is 10.4 Å². The molecule has 0 radical (unpaired) electrons. The predicted molar refractivity (Wildman–Crippen MR) is 154 cm³/mol. The topological polar surface area (TPSA) is 65.1 Å². The Morgan fingerprint density at radius 1 is 0.921 bits per heavy atom. The SMILES string of the molecule is COC(=O)[C@H]1[C@@H](CCCO[Si](c2ccccc2)(c2ccccc2)C(C)(C)C)CCCN1C(=O)OC(C)(C)C. The number of rotatable bonds is 8. The summed E-state index contributed by atoms with van der Waals surface area (Å²) in [6.07, 6.45) is 2.77. The molecule has 7 heteroatoms. The first-order valence-corrected chi connectivity index (χ1v) is 15.6. The molecular weight excluding hydrogens is 494 g/mol. The van der Waals surface area contributed by atoms with Crippen molar-refractivity contribution in [2.45, 2.75) is 83.9 Å². The van der Waals surface area contributed by atoms with Gasteiger partial charge in [-0.25, -0.2) is 9.59 Å². The minimum atomic E-state index is -2.62. The van der Waals surface area contributed by atoms with Crippen LogP contribution in [-0.2, 0) is 18.7 Å². The van der Waals surface area contributed by atoms with Crippen LogP contribution in [0.2, 0.25) is 5.04 Å². The molecule has 6 nitrogen and oxygen atoms in total. The van der Waals surface area contributed by atoms with Gasteiger partial charge in [0.05, 0.1) is 7.11 Å². The van der Waals surface area contributed by atoms with Crippen molar-refractivity contribution in [3.63, 3.8) is 0 Å². The highest BCUT2D eigenvalue weighted by Gasteiger charge is 2.50. The van der Waals surface area contributed by atoms with Crippen molar-refractivity contribution >= 4 is 30.8 Å². The molecule has 3 rings (SSSR count). The maximum atomic E-state index is 13.0. The monoisotopic (exact) mass is 539 g/mol. The third kappa shape index (κ3) is 6.86. The Kier molecular flexibility index (Phi) is 9.82. The molecule has 2 atom stereocenters. The molecule has 2 aromatic rings. The Morgan fingerprint density at radius 3 is 1.95 bits per heavy atom. The van der Waals surface area contributed by atoms with Gasteiger partial charge in [-0.1, -0.05) is 81.4 Å². The van der Waals surface area contributed by atoms with Gasteiger partial charge in [0.1, 0.15) is 11.6 Å². The van der Waals surface area contributed by atoms with Crippen LogP contribution >= 0.6 is 0 Å². The van der Waals surface area contributed by atoms with Gasteiger partial charge in [0, 0.05) is 13.2 Å². The Morgan fingerprint density at radius 2 is 1.47 bits per heavy atom. The Hall–Kier alpha value is -2.64. The lowest BCUT2D eigenvalue weighted by Crippen LogP contribution is -2.66. The first-order valence-electron chi connectivity index (χ1n) is 13.7. The summed E-state index contributed by atoms with van der Waals surface area (Å²) in [6.45, 7) is 13.4. The number of methoxy groups -OCH3 is 1. The minimum absolute atomic E-state index is 0.00790. The summed E-state index contributed by atoms with van der Waals surface area (Å²) in [5.74, 6) is -0.389. The molecule has 0 bridgehead atoms. The van der Waals surface area contributed by atoms with Gasteiger partial charge in [0.15, 0.2) is 0 Å². The predicted octanol–water partition coefficient (Wildman–Crippen LogP) is 5.53. The summed E-state index contributed by atoms with van der Waals surface area (Å²) >= 11 is 0. The van der Waals surface area contributed by atoms with Gasteiger partial charge in [-0.05, 0) is 67.8 Å². The second kappa shape index (κ2) is 12.5. The summed E-state index contributed by atoms with van der Waals surface area (Å²) in [4.78, 5) is 27.4. The van der Waals surface area contributed by atoms with Gasteiger partial charge in [0.2, 0.25) is 0 Å². The highest BCUT2D eigenvalue weighted by Crippen LogP contribution is 2.37. The molecule has 1 heterocycles. The van der Waals surface area contributed by atoms with Crippen LogP contribution in [0.25, 0.3) is 0 Å². The van der Waals surface area contributed by atoms with E-state index in [0.717, 1.165) is 25.7 Å². The second-order valence-electron chi connectivity index (χ2n) is 12.2. The van der Waals surface area contributed by atoms with Crippen molar-refractivity contribution in [3.8, 4) is 0 Å². The molecule has 0 aliphatic carbocycles. The van der Waals surface area contributed by atoms with Gasteiger partial charge in [-0.15, -0.1) is 0 Å². The van der Waals surface area contributed by atoms with Crippen LogP contribution in [0.5, 0.6) is 0 Å². The minimum Gasteiger partial charge on any atom is -0.467 e. The van der Waals surface area contributed by atoms with Crippen LogP contribution in [0.4, 0.5) is 4.79 Å². The number of carbonyl (C=O) groups is 2. The van der Waals surface area contributed by atoms with E-state index in [1.54, 1.807) is 4.90 Å². The zero-order valence-corrected chi connectivity index (χ0v) is 25.2. The average Bonchev–Trinajstić information content (AvgIpc) is 2.87. The molecule has 1 aliphatic rings. The number of esters is 1. The number of carbonyl (C=O) groups excluding carboxylic acids is 2. The number of amides is 1. The number of likely N-dealkylation sites (tertiary alicyclic amines) is 1. The summed E-state index contributed by atoms with van der Waals surface area (Å²) < 4.78 is 17.8. The molecule has 1 amide bonds. The quantitative estimate of drug-likeness (QED) is 0.251. The highest BCUT2D eigenvalue weighted by molar-refractivity contribution is 6.99. The zero-order valence-electron chi connectivity index (χ0n) is 24.2. The fourth-order valence-electron chi connectivity index (χ4n) is 5.68. The van der Waals surface area contributed by atoms with Crippen molar-refractivity contribution < 1.29 is 23.5 Å². The molecular formula is C31H45NO5Si. The summed E-state index contributed by atoms with van der Waals surface area (Å²) in [5.41, 5.74) is -0.631. The summed E-state index contributed by atoms with van der Waals surface area (Å²) in [6, 6.07) is 20.6. The smallest absolute Gasteiger partial charge is 0.411 e. The zero-order chi connectivity index (χ0) is 28.0. The fourth-order valence-corrected chi connectivity index (χ4v) is 10.3. The van der Waals surface area contributed by atoms with E-state index in [1.807, 2.05) is 32.9 Å². The lowest BCUT2D eigenvalue weighted by atomic mass is 9.85. The molecule has 0 unspecified atom stereocenters. The van der Waals surface area contributed by atoms with E-state index < -0.39 is 26.1 Å². The number of nitrogens with zero attached hydrogens (tertiary/aromatic N) is 1. The van der Waals surface area contributed by atoms with Gasteiger partial charge in [-0.3, -0.25) is 4.90 Å². The molecule has 1 fully saturated rings. The second-order valence-corrected chi connectivity index (χ2v) is 16.5. The summed E-state index contributed by atoms with van der Waals surface area (Å²) in [5, 5.41) is 2.41. The van der Waals surface area contributed by atoms with E-state index in [9.17, 15) is 9.59 Å². The van der Waals surface area contributed by atoms with Crippen LogP contribution in [0.3, 0.4) is 0 Å². The van der Waals surface area contributed by atoms with Gasteiger partial charge >= 0.3 is 12.1 Å². The van der Waals surface area contributed by atoms with Crippen LogP contribution in [0, 0.1) is 5.92 Å². The lowest BCUT2D eigenvalue weighted by molar-refractivity contribution is -0.150. The Balaban J connectivity index is 1.80. The Labute approximate surface area is 229 Å². The molecule has 0 N–H and O–H groups in total. The van der Waals surface area contributed by atoms with E-state index in [-0.39, 0.29) is 16.9 Å². The van der Waals surface area contributed by atoms with Crippen molar-refractivity contribution in [2.75, 3.05) is 20.3 Å². The molecule has 208 valence electrons. The first kappa shape index (κ1) is 29.9. The van der Waals surface area contributed by atoms with E-state index >= 15 is 0 Å². The van der Waals surface area contributed by atoms with Crippen LogP contribution in [-0.4, -0.2) is 57.2 Å². The largest absolute Gasteiger partial charge is 0.467 e. The number of ether oxygens (including phenoxy) is 2. The van der Waals surface area contributed by atoms with Gasteiger partial charge in [0.25, 0.3) is 8.32 Å². The van der Waals surface area contributed by atoms with Crippen molar-refractivity contribution in [1.29, 1.82) is 0 Å². The first-order chi connectivity index (χ1) is 17.9. The standard InChI is InChI=1S/C31H45NO5Si/c1-30(2,3)37-29(34)32-22-14-16-24(27(32)28(33)35-7)17-15-23-36-38(31(4,5)6,25-18-10-8-11-19-25)26-20-12-9-13-21-26/h8-13,18-21,24,27H,14-17,22-23H2,1-7H3/t24-,27-/m1/s1. The van der Waals surface area contributed by atoms with E-state index in [1.165, 1.54) is 17.5 Å². The van der Waals surface area contributed by atoms with Gasteiger partial charge in [-0.2, -0.15) is 0 Å². The van der Waals surface area contributed by atoms with E-state index in [2.05, 4.69) is 69.3 Å². The van der Waals surface area contributed by atoms with Crippen molar-refractivity contribution in [1.82, 2.24) is 4.90 Å². The van der Waals surface area contributed by atoms with E-state index in [0.29, 0.717) is 13.2 Å². The highest BCUT2D eigenvalue weighted by atomic mass is 28.4. The third-order valence-electron chi connectivity index (χ3n) is 7.28. The average molecular weight is 540 g/mol. The van der Waals surface area contributed by atoms with Crippen LogP contribution in [0.15, 0.2) is 60.7 Å². The Bertz CT molecular complexity index is 1010. The van der Waals surface area contributed by atoms with Gasteiger partial charge < -0.3 is 13.9 Å². The molecule has 38 heavy (non-hydrogen) atoms. The molecule has 0 saturated carbocycles. The molecule has 2 aromatic carbocycles. The molecule has 1 saturated heterocycles. The molecule has 0 aromatic heterocycles. The number of hydrogen-bond acceptors (Lipinski definition) is 5. The maximum Gasteiger partial charge on any atom is 0.411 e. The lowest BCUT2D eigenvalue weighted by Gasteiger charge is -2.43. The van der Waals surface area contributed by atoms with Crippen molar-refractivity contribution in [3.05, 3.63) is 60.7 Å². The van der Waals surface area contributed by atoms with Crippen molar-refractivity contribution in [2.24, 2.45) is 5.92 Å². The maximum absolute atomic E-state index is 13.0. The number of hydrogen-bond donors (Lipinski definition) is 0. The summed E-state index contributed by atoms with van der Waals surface area (Å²) in [7, 11) is -1.23. The normalized spacial score (nSPS) is 18.7. The molecule has 0 spiro atoms. The number of benzene rings is 2. The fraction of sp³-hybridized carbons (Fsp3) is 0.548. The molecule has 1 aliphatic heterocycles. The third-order valence-corrected chi connectivity index (χ3v) is 12.3. The van der Waals surface area contributed by atoms with E-state index in [4.69, 9.17) is 13.9 Å². The number of piperidine rings is 1. The van der Waals surface area contributed by atoms with Crippen LogP contribution in [0.1, 0.15) is 67.2 Å².